The lowest BCUT2D eigenvalue weighted by atomic mass is 10.1. The predicted octanol–water partition coefficient (Wildman–Crippen LogP) is 2.18. The minimum absolute atomic E-state index is 0.103. The second kappa shape index (κ2) is 8.60. The minimum atomic E-state index is -3.69. The number of nitrogens with zero attached hydrogens (tertiary/aromatic N) is 1. The fourth-order valence-electron chi connectivity index (χ4n) is 2.74. The van der Waals surface area contributed by atoms with Gasteiger partial charge in [0, 0.05) is 25.2 Å². The molecule has 0 unspecified atom stereocenters. The Hall–Kier alpha value is -1.44. The standard InChI is InChI=1S/C17H28N2O4S/c1-12(2)19(13(3)4)11-10-18-24(21,22)16-9-7-8-15(14(16)5)17(20)23-6/h7-9,12-13,18H,10-11H2,1-6H3. The minimum Gasteiger partial charge on any atom is -0.465 e. The van der Waals surface area contributed by atoms with Gasteiger partial charge in [0.2, 0.25) is 10.0 Å². The van der Waals surface area contributed by atoms with E-state index in [0.29, 0.717) is 30.7 Å². The monoisotopic (exact) mass is 356 g/mol. The van der Waals surface area contributed by atoms with Gasteiger partial charge in [-0.25, -0.2) is 17.9 Å². The SMILES string of the molecule is COC(=O)c1cccc(S(=O)(=O)NCCN(C(C)C)C(C)C)c1C. The highest BCUT2D eigenvalue weighted by Crippen LogP contribution is 2.19. The Bertz CT molecular complexity index is 661. The Balaban J connectivity index is 2.92. The maximum Gasteiger partial charge on any atom is 0.338 e. The maximum atomic E-state index is 12.6. The van der Waals surface area contributed by atoms with E-state index in [2.05, 4.69) is 42.1 Å². The van der Waals surface area contributed by atoms with Crippen LogP contribution in [-0.4, -0.2) is 51.6 Å². The quantitative estimate of drug-likeness (QED) is 0.723. The molecule has 24 heavy (non-hydrogen) atoms. The third kappa shape index (κ3) is 5.03. The van der Waals surface area contributed by atoms with Gasteiger partial charge in [-0.1, -0.05) is 6.07 Å². The highest BCUT2D eigenvalue weighted by molar-refractivity contribution is 7.89. The number of rotatable bonds is 8. The van der Waals surface area contributed by atoms with E-state index in [0.717, 1.165) is 0 Å². The molecule has 0 saturated carbocycles. The van der Waals surface area contributed by atoms with Crippen LogP contribution in [0.3, 0.4) is 0 Å². The molecule has 6 nitrogen and oxygen atoms in total. The molecule has 1 aromatic carbocycles. The summed E-state index contributed by atoms with van der Waals surface area (Å²) in [7, 11) is -2.42. The molecule has 0 amide bonds. The van der Waals surface area contributed by atoms with Gasteiger partial charge in [-0.3, -0.25) is 4.90 Å². The second-order valence-corrected chi connectivity index (χ2v) is 7.98. The predicted molar refractivity (Wildman–Crippen MR) is 94.7 cm³/mol. The van der Waals surface area contributed by atoms with Crippen LogP contribution in [0.25, 0.3) is 0 Å². The molecule has 0 aliphatic rings. The van der Waals surface area contributed by atoms with Crippen LogP contribution >= 0.6 is 0 Å². The van der Waals surface area contributed by atoms with Crippen LogP contribution in [0.1, 0.15) is 43.6 Å². The zero-order valence-electron chi connectivity index (χ0n) is 15.3. The van der Waals surface area contributed by atoms with Gasteiger partial charge in [0.05, 0.1) is 17.6 Å². The van der Waals surface area contributed by atoms with Gasteiger partial charge in [0.15, 0.2) is 0 Å². The number of methoxy groups -OCH3 is 1. The van der Waals surface area contributed by atoms with E-state index in [1.54, 1.807) is 19.1 Å². The van der Waals surface area contributed by atoms with Crippen LogP contribution in [0.4, 0.5) is 0 Å². The highest BCUT2D eigenvalue weighted by atomic mass is 32.2. The average Bonchev–Trinajstić information content (AvgIpc) is 2.50. The first-order valence-corrected chi connectivity index (χ1v) is 9.53. The van der Waals surface area contributed by atoms with Crippen LogP contribution in [-0.2, 0) is 14.8 Å². The summed E-state index contributed by atoms with van der Waals surface area (Å²) in [6.45, 7) is 10.9. The first kappa shape index (κ1) is 20.6. The lowest BCUT2D eigenvalue weighted by molar-refractivity contribution is 0.0599. The number of esters is 1. The number of carbonyl (C=O) groups excluding carboxylic acids is 1. The molecule has 0 saturated heterocycles. The lowest BCUT2D eigenvalue weighted by Crippen LogP contribution is -2.42. The molecule has 0 fully saturated rings. The Morgan fingerprint density at radius 2 is 1.79 bits per heavy atom. The zero-order chi connectivity index (χ0) is 18.5. The number of carbonyl (C=O) groups is 1. The third-order valence-corrected chi connectivity index (χ3v) is 5.57. The van der Waals surface area contributed by atoms with Crippen molar-refractivity contribution in [2.24, 2.45) is 0 Å². The summed E-state index contributed by atoms with van der Waals surface area (Å²) in [5, 5.41) is 0. The molecule has 0 spiro atoms. The van der Waals surface area contributed by atoms with Gasteiger partial charge >= 0.3 is 5.97 Å². The van der Waals surface area contributed by atoms with E-state index in [1.165, 1.54) is 13.2 Å². The van der Waals surface area contributed by atoms with Crippen molar-refractivity contribution in [3.05, 3.63) is 29.3 Å². The lowest BCUT2D eigenvalue weighted by Gasteiger charge is -2.30. The van der Waals surface area contributed by atoms with Crippen molar-refractivity contribution < 1.29 is 17.9 Å². The maximum absolute atomic E-state index is 12.6. The van der Waals surface area contributed by atoms with Gasteiger partial charge in [0.1, 0.15) is 0 Å². The molecule has 0 heterocycles. The van der Waals surface area contributed by atoms with E-state index in [-0.39, 0.29) is 10.5 Å². The zero-order valence-corrected chi connectivity index (χ0v) is 16.1. The summed E-state index contributed by atoms with van der Waals surface area (Å²) in [5.41, 5.74) is 0.646. The molecule has 1 aromatic rings. The Kier molecular flexibility index (Phi) is 7.38. The van der Waals surface area contributed by atoms with Gasteiger partial charge in [-0.05, 0) is 52.3 Å². The van der Waals surface area contributed by atoms with Crippen molar-refractivity contribution in [2.75, 3.05) is 20.2 Å². The van der Waals surface area contributed by atoms with E-state index >= 15 is 0 Å². The van der Waals surface area contributed by atoms with Gasteiger partial charge in [0.25, 0.3) is 0 Å². The number of ether oxygens (including phenoxy) is 1. The summed E-state index contributed by atoms with van der Waals surface area (Å²) >= 11 is 0. The molecule has 0 aromatic heterocycles. The van der Waals surface area contributed by atoms with Gasteiger partial charge < -0.3 is 4.74 Å². The van der Waals surface area contributed by atoms with Crippen molar-refractivity contribution in [1.82, 2.24) is 9.62 Å². The topological polar surface area (TPSA) is 75.7 Å². The van der Waals surface area contributed by atoms with E-state index in [4.69, 9.17) is 0 Å². The summed E-state index contributed by atoms with van der Waals surface area (Å²) in [5.74, 6) is -0.546. The Morgan fingerprint density at radius 3 is 2.29 bits per heavy atom. The Labute approximate surface area is 145 Å². The molecular formula is C17H28N2O4S. The number of benzene rings is 1. The van der Waals surface area contributed by atoms with Crippen molar-refractivity contribution in [3.8, 4) is 0 Å². The average molecular weight is 356 g/mol. The third-order valence-electron chi connectivity index (χ3n) is 3.97. The van der Waals surface area contributed by atoms with Crippen LogP contribution in [0.2, 0.25) is 0 Å². The van der Waals surface area contributed by atoms with Gasteiger partial charge in [-0.2, -0.15) is 0 Å². The largest absolute Gasteiger partial charge is 0.465 e. The second-order valence-electron chi connectivity index (χ2n) is 6.24. The fourth-order valence-corrected chi connectivity index (χ4v) is 4.02. The molecule has 0 aliphatic heterocycles. The first-order chi connectivity index (χ1) is 11.1. The number of sulfonamides is 1. The Morgan fingerprint density at radius 1 is 1.21 bits per heavy atom. The number of nitrogens with one attached hydrogen (secondary N) is 1. The number of hydrogen-bond donors (Lipinski definition) is 1. The highest BCUT2D eigenvalue weighted by Gasteiger charge is 2.21. The van der Waals surface area contributed by atoms with Crippen LogP contribution in [0.15, 0.2) is 23.1 Å². The summed E-state index contributed by atoms with van der Waals surface area (Å²) in [4.78, 5) is 14.0. The molecule has 7 heteroatoms. The molecule has 0 atom stereocenters. The van der Waals surface area contributed by atoms with Crippen LogP contribution in [0.5, 0.6) is 0 Å². The summed E-state index contributed by atoms with van der Waals surface area (Å²) in [6.07, 6.45) is 0. The normalized spacial score (nSPS) is 12.2. The van der Waals surface area contributed by atoms with E-state index in [9.17, 15) is 13.2 Å². The van der Waals surface area contributed by atoms with Crippen molar-refractivity contribution >= 4 is 16.0 Å². The van der Waals surface area contributed by atoms with Crippen molar-refractivity contribution in [2.45, 2.75) is 51.6 Å². The number of hydrogen-bond acceptors (Lipinski definition) is 5. The molecular weight excluding hydrogens is 328 g/mol. The van der Waals surface area contributed by atoms with Crippen molar-refractivity contribution in [1.29, 1.82) is 0 Å². The molecule has 0 radical (unpaired) electrons. The molecule has 136 valence electrons. The fraction of sp³-hybridized carbons (Fsp3) is 0.588. The van der Waals surface area contributed by atoms with Crippen molar-refractivity contribution in [3.63, 3.8) is 0 Å². The van der Waals surface area contributed by atoms with E-state index in [1.807, 2.05) is 0 Å². The van der Waals surface area contributed by atoms with Gasteiger partial charge in [-0.15, -0.1) is 0 Å². The van der Waals surface area contributed by atoms with E-state index < -0.39 is 16.0 Å². The summed E-state index contributed by atoms with van der Waals surface area (Å²) in [6, 6.07) is 5.26. The molecule has 1 rings (SSSR count). The van der Waals surface area contributed by atoms with Crippen LogP contribution < -0.4 is 4.72 Å². The molecule has 1 N–H and O–H groups in total. The molecule has 0 bridgehead atoms. The summed E-state index contributed by atoms with van der Waals surface area (Å²) < 4.78 is 32.4. The molecule has 0 aliphatic carbocycles. The smallest absolute Gasteiger partial charge is 0.338 e. The van der Waals surface area contributed by atoms with Crippen LogP contribution in [0, 0.1) is 6.92 Å². The first-order valence-electron chi connectivity index (χ1n) is 8.05.